The monoisotopic (exact) mass is 384 g/mol. The second-order valence-electron chi connectivity index (χ2n) is 6.26. The number of carbonyl (C=O) groups is 3. The molecule has 0 aliphatic carbocycles. The van der Waals surface area contributed by atoms with Crippen molar-refractivity contribution in [2.75, 3.05) is 7.11 Å². The first-order valence-electron chi connectivity index (χ1n) is 8.86. The van der Waals surface area contributed by atoms with Gasteiger partial charge in [0.1, 0.15) is 6.61 Å². The lowest BCUT2D eigenvalue weighted by Crippen LogP contribution is -2.43. The van der Waals surface area contributed by atoms with Crippen molar-refractivity contribution in [2.45, 2.75) is 32.0 Å². The van der Waals surface area contributed by atoms with Gasteiger partial charge in [0.25, 0.3) is 0 Å². The topological polar surface area (TPSA) is 98.9 Å². The smallest absolute Gasteiger partial charge is 0.410 e. The van der Waals surface area contributed by atoms with E-state index in [0.29, 0.717) is 0 Å². The molecule has 0 radical (unpaired) electrons. The molecule has 0 saturated carbocycles. The number of carbonyl (C=O) groups excluding carboxylic acids is 3. The second kappa shape index (κ2) is 10.7. The number of methoxy groups -OCH3 is 1. The van der Waals surface area contributed by atoms with Gasteiger partial charge in [0.2, 0.25) is 5.91 Å². The molecular weight excluding hydrogens is 360 g/mol. The zero-order valence-corrected chi connectivity index (χ0v) is 15.7. The van der Waals surface area contributed by atoms with Crippen LogP contribution in [-0.4, -0.2) is 36.0 Å². The van der Waals surface area contributed by atoms with Gasteiger partial charge < -0.3 is 15.2 Å². The average Bonchev–Trinajstić information content (AvgIpc) is 2.71. The van der Waals surface area contributed by atoms with Gasteiger partial charge in [0, 0.05) is 13.0 Å². The highest BCUT2D eigenvalue weighted by atomic mass is 16.6. The number of ether oxygens (including phenoxy) is 2. The van der Waals surface area contributed by atoms with Gasteiger partial charge in [-0.25, -0.2) is 4.79 Å². The van der Waals surface area contributed by atoms with Gasteiger partial charge in [-0.05, 0) is 11.1 Å². The Morgan fingerprint density at radius 2 is 1.50 bits per heavy atom. The molecule has 2 rings (SSSR count). The fourth-order valence-corrected chi connectivity index (χ4v) is 2.73. The minimum atomic E-state index is -0.770. The van der Waals surface area contributed by atoms with E-state index >= 15 is 0 Å². The highest BCUT2D eigenvalue weighted by molar-refractivity contribution is 5.78. The maximum atomic E-state index is 12.8. The molecular formula is C21H24N2O5. The first-order valence-corrected chi connectivity index (χ1v) is 8.86. The van der Waals surface area contributed by atoms with Crippen LogP contribution >= 0.6 is 0 Å². The van der Waals surface area contributed by atoms with Crippen LogP contribution in [0.25, 0.3) is 0 Å². The van der Waals surface area contributed by atoms with E-state index in [0.717, 1.165) is 11.1 Å². The van der Waals surface area contributed by atoms with E-state index in [-0.39, 0.29) is 26.0 Å². The molecule has 0 saturated heterocycles. The third-order valence-corrected chi connectivity index (χ3v) is 4.14. The molecule has 0 aliphatic heterocycles. The van der Waals surface area contributed by atoms with E-state index in [4.69, 9.17) is 15.2 Å². The molecule has 2 aromatic carbocycles. The molecule has 0 bridgehead atoms. The number of benzene rings is 2. The third kappa shape index (κ3) is 6.75. The Balaban J connectivity index is 2.20. The Labute approximate surface area is 164 Å². The second-order valence-corrected chi connectivity index (χ2v) is 6.26. The van der Waals surface area contributed by atoms with E-state index in [2.05, 4.69) is 0 Å². The lowest BCUT2D eigenvalue weighted by atomic mass is 10.1. The summed E-state index contributed by atoms with van der Waals surface area (Å²) in [5, 5.41) is 0. The fourth-order valence-electron chi connectivity index (χ4n) is 2.73. The normalized spacial score (nSPS) is 11.3. The van der Waals surface area contributed by atoms with Gasteiger partial charge in [0.05, 0.1) is 19.6 Å². The molecule has 0 aromatic heterocycles. The van der Waals surface area contributed by atoms with Crippen molar-refractivity contribution in [3.8, 4) is 0 Å². The molecule has 28 heavy (non-hydrogen) atoms. The van der Waals surface area contributed by atoms with E-state index < -0.39 is 24.0 Å². The highest BCUT2D eigenvalue weighted by Crippen LogP contribution is 2.17. The zero-order valence-electron chi connectivity index (χ0n) is 15.7. The minimum absolute atomic E-state index is 0.0759. The number of primary amides is 1. The Bertz CT molecular complexity index is 780. The van der Waals surface area contributed by atoms with Gasteiger partial charge in [-0.15, -0.1) is 0 Å². The molecule has 2 aromatic rings. The van der Waals surface area contributed by atoms with Crippen molar-refractivity contribution in [3.63, 3.8) is 0 Å². The minimum Gasteiger partial charge on any atom is -0.469 e. The first-order chi connectivity index (χ1) is 13.5. The van der Waals surface area contributed by atoms with E-state index in [1.165, 1.54) is 12.0 Å². The predicted octanol–water partition coefficient (Wildman–Crippen LogP) is 2.63. The number of hydrogen-bond acceptors (Lipinski definition) is 5. The molecule has 0 spiro atoms. The summed E-state index contributed by atoms with van der Waals surface area (Å²) in [4.78, 5) is 37.5. The van der Waals surface area contributed by atoms with Crippen molar-refractivity contribution in [1.82, 2.24) is 4.90 Å². The number of rotatable bonds is 9. The standard InChI is InChI=1S/C21H24N2O5/c1-27-20(25)13-18(12-19(22)24)23(14-16-8-4-2-5-9-16)21(26)28-15-17-10-6-3-7-11-17/h2-11,18H,12-15H2,1H3,(H2,22,24)/t18-/m0/s1. The summed E-state index contributed by atoms with van der Waals surface area (Å²) in [5.74, 6) is -1.16. The van der Waals surface area contributed by atoms with Crippen LogP contribution in [0.1, 0.15) is 24.0 Å². The number of nitrogens with zero attached hydrogens (tertiary/aromatic N) is 1. The van der Waals surface area contributed by atoms with E-state index in [1.807, 2.05) is 60.7 Å². The van der Waals surface area contributed by atoms with Crippen molar-refractivity contribution >= 4 is 18.0 Å². The third-order valence-electron chi connectivity index (χ3n) is 4.14. The van der Waals surface area contributed by atoms with E-state index in [1.54, 1.807) is 0 Å². The van der Waals surface area contributed by atoms with Crippen molar-refractivity contribution < 1.29 is 23.9 Å². The fraction of sp³-hybridized carbons (Fsp3) is 0.286. The summed E-state index contributed by atoms with van der Waals surface area (Å²) in [6, 6.07) is 17.7. The lowest BCUT2D eigenvalue weighted by molar-refractivity contribution is -0.142. The van der Waals surface area contributed by atoms with Gasteiger partial charge >= 0.3 is 12.1 Å². The van der Waals surface area contributed by atoms with Crippen LogP contribution in [0.5, 0.6) is 0 Å². The molecule has 7 nitrogen and oxygen atoms in total. The van der Waals surface area contributed by atoms with Gasteiger partial charge in [0.15, 0.2) is 0 Å². The molecule has 0 unspecified atom stereocenters. The summed E-state index contributed by atoms with van der Waals surface area (Å²) in [6.07, 6.45) is -0.974. The summed E-state index contributed by atoms with van der Waals surface area (Å²) in [5.41, 5.74) is 7.00. The van der Waals surface area contributed by atoms with Gasteiger partial charge in [-0.1, -0.05) is 60.7 Å². The van der Waals surface area contributed by atoms with Crippen LogP contribution in [0.15, 0.2) is 60.7 Å². The SMILES string of the molecule is COC(=O)C[C@H](CC(N)=O)N(Cc1ccccc1)C(=O)OCc1ccccc1. The Hall–Kier alpha value is -3.35. The van der Waals surface area contributed by atoms with Crippen LogP contribution in [0, 0.1) is 0 Å². The number of amides is 2. The molecule has 0 aliphatic rings. The van der Waals surface area contributed by atoms with Crippen LogP contribution in [0.4, 0.5) is 4.79 Å². The van der Waals surface area contributed by atoms with E-state index in [9.17, 15) is 14.4 Å². The summed E-state index contributed by atoms with van der Waals surface area (Å²) in [7, 11) is 1.25. The lowest BCUT2D eigenvalue weighted by Gasteiger charge is -2.30. The molecule has 2 N–H and O–H groups in total. The molecule has 1 atom stereocenters. The molecule has 0 heterocycles. The first kappa shape index (κ1) is 21.0. The summed E-state index contributed by atoms with van der Waals surface area (Å²) in [6.45, 7) is 0.246. The molecule has 148 valence electrons. The quantitative estimate of drug-likeness (QED) is 0.670. The van der Waals surface area contributed by atoms with Crippen molar-refractivity contribution in [2.24, 2.45) is 5.73 Å². The predicted molar refractivity (Wildman–Crippen MR) is 103 cm³/mol. The summed E-state index contributed by atoms with van der Waals surface area (Å²) >= 11 is 0. The van der Waals surface area contributed by atoms with Gasteiger partial charge in [-0.3, -0.25) is 14.5 Å². The van der Waals surface area contributed by atoms with Crippen LogP contribution < -0.4 is 5.73 Å². The Morgan fingerprint density at radius 1 is 0.929 bits per heavy atom. The maximum Gasteiger partial charge on any atom is 0.410 e. The number of nitrogens with two attached hydrogens (primary N) is 1. The average molecular weight is 384 g/mol. The highest BCUT2D eigenvalue weighted by Gasteiger charge is 2.29. The maximum absolute atomic E-state index is 12.8. The molecule has 0 fully saturated rings. The number of hydrogen-bond donors (Lipinski definition) is 1. The van der Waals surface area contributed by atoms with Crippen LogP contribution in [0.3, 0.4) is 0 Å². The zero-order chi connectivity index (χ0) is 20.4. The van der Waals surface area contributed by atoms with Crippen molar-refractivity contribution in [1.29, 1.82) is 0 Å². The molecule has 2 amide bonds. The van der Waals surface area contributed by atoms with Crippen LogP contribution in [0.2, 0.25) is 0 Å². The Morgan fingerprint density at radius 3 is 2.04 bits per heavy atom. The van der Waals surface area contributed by atoms with Gasteiger partial charge in [-0.2, -0.15) is 0 Å². The largest absolute Gasteiger partial charge is 0.469 e. The number of esters is 1. The summed E-state index contributed by atoms with van der Waals surface area (Å²) < 4.78 is 10.1. The Kier molecular flexibility index (Phi) is 8.02. The molecule has 7 heteroatoms. The van der Waals surface area contributed by atoms with Crippen LogP contribution in [-0.2, 0) is 32.2 Å². The van der Waals surface area contributed by atoms with Crippen molar-refractivity contribution in [3.05, 3.63) is 71.8 Å².